The summed E-state index contributed by atoms with van der Waals surface area (Å²) in [6.07, 6.45) is 0. The topological polar surface area (TPSA) is 18.5 Å². The summed E-state index contributed by atoms with van der Waals surface area (Å²) in [6, 6.07) is 6.00. The Labute approximate surface area is 90.4 Å². The van der Waals surface area contributed by atoms with Gasteiger partial charge in [0.05, 0.1) is 0 Å². The van der Waals surface area contributed by atoms with Crippen LogP contribution in [0.1, 0.15) is 5.56 Å². The van der Waals surface area contributed by atoms with Crippen LogP contribution in [0.2, 0.25) is 0 Å². The van der Waals surface area contributed by atoms with Crippen molar-refractivity contribution in [2.24, 2.45) is 0 Å². The predicted octanol–water partition coefficient (Wildman–Crippen LogP) is 2.95. The zero-order chi connectivity index (χ0) is 10.2. The van der Waals surface area contributed by atoms with Crippen LogP contribution in [-0.2, 0) is 0 Å². The van der Waals surface area contributed by atoms with E-state index in [1.54, 1.807) is 0 Å². The summed E-state index contributed by atoms with van der Waals surface area (Å²) in [5, 5.41) is 0. The quantitative estimate of drug-likeness (QED) is 0.726. The fourth-order valence-electron chi connectivity index (χ4n) is 1.25. The Morgan fingerprint density at radius 2 is 1.86 bits per heavy atom. The molecule has 3 unspecified atom stereocenters. The molecule has 0 radical (unpaired) electrons. The van der Waals surface area contributed by atoms with Gasteiger partial charge < -0.3 is 9.47 Å². The van der Waals surface area contributed by atoms with Crippen molar-refractivity contribution >= 4 is 38.5 Å². The van der Waals surface area contributed by atoms with Crippen molar-refractivity contribution in [3.8, 4) is 11.5 Å². The molecule has 3 atom stereocenters. The number of benzene rings is 1. The van der Waals surface area contributed by atoms with Gasteiger partial charge in [0.25, 0.3) is 0 Å². The van der Waals surface area contributed by atoms with Crippen molar-refractivity contribution in [1.29, 1.82) is 0 Å². The third kappa shape index (κ3) is 2.71. The smallest absolute Gasteiger partial charge is 0.231 e. The molecule has 2 nitrogen and oxygen atoms in total. The molecule has 1 aromatic rings. The van der Waals surface area contributed by atoms with Crippen molar-refractivity contribution in [3.63, 3.8) is 0 Å². The highest BCUT2D eigenvalue weighted by Crippen LogP contribution is 2.70. The SMILES string of the molecule is PP(P)(P)=Cc1ccc2c(c1)OCO2. The van der Waals surface area contributed by atoms with Crippen molar-refractivity contribution in [2.45, 2.75) is 0 Å². The second-order valence-corrected chi connectivity index (χ2v) is 18.6. The van der Waals surface area contributed by atoms with Gasteiger partial charge in [0.1, 0.15) is 0 Å². The van der Waals surface area contributed by atoms with Crippen molar-refractivity contribution in [2.75, 3.05) is 6.79 Å². The summed E-state index contributed by atoms with van der Waals surface area (Å²) < 4.78 is 10.5. The number of rotatable bonds is 1. The van der Waals surface area contributed by atoms with E-state index in [1.165, 1.54) is 5.56 Å². The summed E-state index contributed by atoms with van der Waals surface area (Å²) in [6.45, 7) is 0.335. The van der Waals surface area contributed by atoms with Gasteiger partial charge in [0, 0.05) is 0 Å². The largest absolute Gasteiger partial charge is 0.454 e. The van der Waals surface area contributed by atoms with Crippen LogP contribution in [0, 0.1) is 0 Å². The van der Waals surface area contributed by atoms with E-state index >= 15 is 0 Å². The highest BCUT2D eigenvalue weighted by molar-refractivity contribution is 8.73. The second-order valence-electron chi connectivity index (χ2n) is 3.14. The molecule has 0 amide bonds. The van der Waals surface area contributed by atoms with Crippen molar-refractivity contribution in [3.05, 3.63) is 23.8 Å². The van der Waals surface area contributed by atoms with Gasteiger partial charge in [-0.2, -0.15) is 0 Å². The van der Waals surface area contributed by atoms with E-state index in [0.717, 1.165) is 11.5 Å². The Kier molecular flexibility index (Phi) is 3.21. The van der Waals surface area contributed by atoms with E-state index in [4.69, 9.17) is 9.47 Å². The lowest BCUT2D eigenvalue weighted by molar-refractivity contribution is 0.174. The van der Waals surface area contributed by atoms with Crippen molar-refractivity contribution < 1.29 is 9.47 Å². The zero-order valence-electron chi connectivity index (χ0n) is 7.51. The Balaban J connectivity index is 2.39. The molecule has 0 aromatic heterocycles. The van der Waals surface area contributed by atoms with E-state index in [9.17, 15) is 0 Å². The molecule has 0 bridgehead atoms. The summed E-state index contributed by atoms with van der Waals surface area (Å²) in [4.78, 5) is 0. The molecule has 1 heterocycles. The number of ether oxygens (including phenoxy) is 2. The van der Waals surface area contributed by atoms with Crippen LogP contribution in [0.15, 0.2) is 18.2 Å². The Bertz CT molecular complexity index is 402. The molecule has 0 saturated heterocycles. The molecule has 0 saturated carbocycles. The summed E-state index contributed by atoms with van der Waals surface area (Å²) in [5.41, 5.74) is 1.17. The maximum absolute atomic E-state index is 5.30. The van der Waals surface area contributed by atoms with Crippen LogP contribution < -0.4 is 9.47 Å². The zero-order valence-corrected chi connectivity index (χ0v) is 11.9. The third-order valence-electron chi connectivity index (χ3n) is 1.77. The highest BCUT2D eigenvalue weighted by atomic mass is 32.7. The number of hydrogen-bond acceptors (Lipinski definition) is 2. The fourth-order valence-corrected chi connectivity index (χ4v) is 3.48. The summed E-state index contributed by atoms with van der Waals surface area (Å²) in [7, 11) is 8.50. The molecule has 76 valence electrons. The van der Waals surface area contributed by atoms with Gasteiger partial charge >= 0.3 is 0 Å². The Hall–Kier alpha value is 0.410. The Morgan fingerprint density at radius 3 is 2.57 bits per heavy atom. The van der Waals surface area contributed by atoms with Crippen LogP contribution >= 0.6 is 32.7 Å². The van der Waals surface area contributed by atoms with Crippen LogP contribution in [-0.4, -0.2) is 12.6 Å². The first-order valence-electron chi connectivity index (χ1n) is 4.05. The van der Waals surface area contributed by atoms with Gasteiger partial charge in [-0.1, -0.05) is 12.0 Å². The van der Waals surface area contributed by atoms with E-state index in [2.05, 4.69) is 32.6 Å². The van der Waals surface area contributed by atoms with E-state index in [0.29, 0.717) is 6.79 Å². The monoisotopic (exact) mass is 264 g/mol. The molecule has 2 rings (SSSR count). The molecule has 6 heteroatoms. The minimum absolute atomic E-state index is 0.335. The second kappa shape index (κ2) is 4.11. The van der Waals surface area contributed by atoms with Crippen LogP contribution in [0.3, 0.4) is 0 Å². The number of hydrogen-bond donors (Lipinski definition) is 0. The third-order valence-corrected chi connectivity index (χ3v) is 3.86. The van der Waals surface area contributed by atoms with Gasteiger partial charge in [0.15, 0.2) is 11.5 Å². The van der Waals surface area contributed by atoms with Gasteiger partial charge in [-0.25, -0.2) is 0 Å². The van der Waals surface area contributed by atoms with Gasteiger partial charge in [-0.15, -0.1) is 26.8 Å². The lowest BCUT2D eigenvalue weighted by atomic mass is 10.2. The molecule has 1 aliphatic heterocycles. The van der Waals surface area contributed by atoms with E-state index in [1.807, 2.05) is 18.2 Å². The average Bonchev–Trinajstić information content (AvgIpc) is 2.47. The lowest BCUT2D eigenvalue weighted by Crippen LogP contribution is -1.92. The molecule has 0 aliphatic carbocycles. The first-order chi connectivity index (χ1) is 6.54. The van der Waals surface area contributed by atoms with E-state index < -0.39 is 5.95 Å². The van der Waals surface area contributed by atoms with Gasteiger partial charge in [-0.05, 0) is 23.5 Å². The fraction of sp³-hybridized carbons (Fsp3) is 0.125. The number of fused-ring (bicyclic) bond motifs is 1. The minimum Gasteiger partial charge on any atom is -0.454 e. The molecule has 14 heavy (non-hydrogen) atoms. The molecule has 1 aromatic carbocycles. The van der Waals surface area contributed by atoms with Crippen LogP contribution in [0.4, 0.5) is 0 Å². The maximum atomic E-state index is 5.30. The first-order valence-corrected chi connectivity index (χ1v) is 10.8. The van der Waals surface area contributed by atoms with Crippen molar-refractivity contribution in [1.82, 2.24) is 0 Å². The average molecular weight is 264 g/mol. The predicted molar refractivity (Wildman–Crippen MR) is 73.8 cm³/mol. The van der Waals surface area contributed by atoms with E-state index in [-0.39, 0.29) is 0 Å². The first kappa shape index (κ1) is 10.9. The standard InChI is InChI=1S/C8H12O2P4/c11-14(12,13)4-6-1-2-7-8(3-6)10-5-9-7/h1-4H,5,11-13H2. The molecule has 0 N–H and O–H groups in total. The lowest BCUT2D eigenvalue weighted by Gasteiger charge is -2.06. The molecule has 0 fully saturated rings. The molecule has 1 aliphatic rings. The summed E-state index contributed by atoms with van der Waals surface area (Å²) >= 11 is 0. The normalized spacial score (nSPS) is 14.2. The Morgan fingerprint density at radius 1 is 1.14 bits per heavy atom. The minimum atomic E-state index is -1.13. The van der Waals surface area contributed by atoms with Gasteiger partial charge in [-0.3, -0.25) is 0 Å². The molecule has 0 spiro atoms. The maximum Gasteiger partial charge on any atom is 0.231 e. The van der Waals surface area contributed by atoms with Gasteiger partial charge in [0.2, 0.25) is 6.79 Å². The highest BCUT2D eigenvalue weighted by Gasteiger charge is 2.12. The molecular weight excluding hydrogens is 252 g/mol. The van der Waals surface area contributed by atoms with Crippen LogP contribution in [0.5, 0.6) is 11.5 Å². The molecular formula is C8H12O2P4. The summed E-state index contributed by atoms with van der Waals surface area (Å²) in [5.74, 6) is 2.76. The van der Waals surface area contributed by atoms with Crippen LogP contribution in [0.25, 0.3) is 0 Å².